The van der Waals surface area contributed by atoms with Crippen LogP contribution in [-0.4, -0.2) is 72.8 Å². The van der Waals surface area contributed by atoms with Crippen LogP contribution in [0.3, 0.4) is 0 Å². The highest BCUT2D eigenvalue weighted by molar-refractivity contribution is 5.79. The van der Waals surface area contributed by atoms with Gasteiger partial charge in [0.15, 0.2) is 0 Å². The molecule has 0 radical (unpaired) electrons. The Morgan fingerprint density at radius 2 is 2.00 bits per heavy atom. The van der Waals surface area contributed by atoms with Gasteiger partial charge in [-0.05, 0) is 24.6 Å². The second kappa shape index (κ2) is 8.03. The molecule has 0 bridgehead atoms. The van der Waals surface area contributed by atoms with E-state index >= 15 is 0 Å². The lowest BCUT2D eigenvalue weighted by Gasteiger charge is -2.45. The van der Waals surface area contributed by atoms with Gasteiger partial charge in [0.05, 0.1) is 43.5 Å². The van der Waals surface area contributed by atoms with E-state index in [4.69, 9.17) is 9.47 Å². The zero-order valence-corrected chi connectivity index (χ0v) is 16.0. The summed E-state index contributed by atoms with van der Waals surface area (Å²) in [6.07, 6.45) is -4.41. The van der Waals surface area contributed by atoms with Gasteiger partial charge >= 0.3 is 12.2 Å². The smallest absolute Gasteiger partial charge is 0.370 e. The molecule has 1 N–H and O–H groups in total. The van der Waals surface area contributed by atoms with Crippen molar-refractivity contribution in [2.24, 2.45) is 0 Å². The number of hydrogen-bond donors (Lipinski definition) is 1. The van der Waals surface area contributed by atoms with E-state index < -0.39 is 17.6 Å². The SMILES string of the molecule is O=C1CO[C@H]2CCN(C(=O)N3CC(OCc4cc(C(F)(F)F)ccc4F)C3)C[C@H]2N1. The van der Waals surface area contributed by atoms with Crippen LogP contribution in [0.1, 0.15) is 17.5 Å². The molecule has 164 valence electrons. The molecule has 30 heavy (non-hydrogen) atoms. The van der Waals surface area contributed by atoms with Crippen molar-refractivity contribution in [3.63, 3.8) is 0 Å². The summed E-state index contributed by atoms with van der Waals surface area (Å²) in [5.74, 6) is -0.973. The fourth-order valence-electron chi connectivity index (χ4n) is 3.84. The van der Waals surface area contributed by atoms with Gasteiger partial charge in [-0.3, -0.25) is 4.79 Å². The molecule has 0 spiro atoms. The highest BCUT2D eigenvalue weighted by Crippen LogP contribution is 2.31. The van der Waals surface area contributed by atoms with E-state index in [0.29, 0.717) is 25.6 Å². The summed E-state index contributed by atoms with van der Waals surface area (Å²) >= 11 is 0. The summed E-state index contributed by atoms with van der Waals surface area (Å²) in [6, 6.07) is 1.77. The van der Waals surface area contributed by atoms with Crippen LogP contribution in [0.15, 0.2) is 18.2 Å². The summed E-state index contributed by atoms with van der Waals surface area (Å²) in [7, 11) is 0. The minimum absolute atomic E-state index is 0.0345. The number of hydrogen-bond acceptors (Lipinski definition) is 4. The van der Waals surface area contributed by atoms with Crippen LogP contribution >= 0.6 is 0 Å². The van der Waals surface area contributed by atoms with Gasteiger partial charge in [-0.2, -0.15) is 13.2 Å². The summed E-state index contributed by atoms with van der Waals surface area (Å²) in [6.45, 7) is 1.13. The van der Waals surface area contributed by atoms with Crippen LogP contribution < -0.4 is 5.32 Å². The topological polar surface area (TPSA) is 71.1 Å². The predicted octanol–water partition coefficient (Wildman–Crippen LogP) is 1.75. The first-order chi connectivity index (χ1) is 14.2. The molecule has 3 aliphatic rings. The third-order valence-electron chi connectivity index (χ3n) is 5.56. The third-order valence-corrected chi connectivity index (χ3v) is 5.56. The molecule has 11 heteroatoms. The van der Waals surface area contributed by atoms with Gasteiger partial charge in [0.1, 0.15) is 12.4 Å². The first kappa shape index (κ1) is 20.9. The Balaban J connectivity index is 1.25. The molecular weight excluding hydrogens is 410 g/mol. The number of amides is 3. The van der Waals surface area contributed by atoms with Crippen molar-refractivity contribution < 1.29 is 36.6 Å². The van der Waals surface area contributed by atoms with Gasteiger partial charge in [0, 0.05) is 18.7 Å². The number of nitrogens with one attached hydrogen (secondary N) is 1. The lowest BCUT2D eigenvalue weighted by atomic mass is 10.0. The van der Waals surface area contributed by atoms with Crippen molar-refractivity contribution in [3.8, 4) is 0 Å². The van der Waals surface area contributed by atoms with E-state index in [-0.39, 0.29) is 62.1 Å². The second-order valence-electron chi connectivity index (χ2n) is 7.68. The largest absolute Gasteiger partial charge is 0.416 e. The molecule has 0 aliphatic carbocycles. The monoisotopic (exact) mass is 431 g/mol. The van der Waals surface area contributed by atoms with Crippen LogP contribution in [0.2, 0.25) is 0 Å². The van der Waals surface area contributed by atoms with Crippen molar-refractivity contribution in [2.45, 2.75) is 37.5 Å². The Labute approximate surface area is 169 Å². The van der Waals surface area contributed by atoms with E-state index in [1.54, 1.807) is 9.80 Å². The molecule has 1 aromatic rings. The van der Waals surface area contributed by atoms with Gasteiger partial charge in [0.25, 0.3) is 0 Å². The lowest BCUT2D eigenvalue weighted by molar-refractivity contribution is -0.140. The maximum absolute atomic E-state index is 13.8. The lowest BCUT2D eigenvalue weighted by Crippen LogP contribution is -2.65. The number of rotatable bonds is 3. The van der Waals surface area contributed by atoms with Gasteiger partial charge < -0.3 is 24.6 Å². The molecule has 1 aromatic carbocycles. The number of likely N-dealkylation sites (tertiary alicyclic amines) is 2. The van der Waals surface area contributed by atoms with E-state index in [1.807, 2.05) is 0 Å². The van der Waals surface area contributed by atoms with Gasteiger partial charge in [0.2, 0.25) is 5.91 Å². The summed E-state index contributed by atoms with van der Waals surface area (Å²) in [5.41, 5.74) is -1.11. The fourth-order valence-corrected chi connectivity index (χ4v) is 3.84. The molecule has 0 saturated carbocycles. The van der Waals surface area contributed by atoms with Crippen LogP contribution in [-0.2, 0) is 27.1 Å². The van der Waals surface area contributed by atoms with Crippen molar-refractivity contribution in [3.05, 3.63) is 35.1 Å². The van der Waals surface area contributed by atoms with E-state index in [9.17, 15) is 27.2 Å². The Morgan fingerprint density at radius 1 is 1.23 bits per heavy atom. The van der Waals surface area contributed by atoms with E-state index in [0.717, 1.165) is 12.1 Å². The molecule has 3 heterocycles. The van der Waals surface area contributed by atoms with Crippen LogP contribution in [0.25, 0.3) is 0 Å². The maximum atomic E-state index is 13.8. The van der Waals surface area contributed by atoms with E-state index in [2.05, 4.69) is 5.32 Å². The third kappa shape index (κ3) is 4.36. The maximum Gasteiger partial charge on any atom is 0.416 e. The average Bonchev–Trinajstić information content (AvgIpc) is 2.66. The second-order valence-corrected chi connectivity index (χ2v) is 7.68. The number of fused-ring (bicyclic) bond motifs is 1. The van der Waals surface area contributed by atoms with Crippen LogP contribution in [0.5, 0.6) is 0 Å². The molecular formula is C19H21F4N3O4. The molecule has 3 aliphatic heterocycles. The van der Waals surface area contributed by atoms with Crippen molar-refractivity contribution >= 4 is 11.9 Å². The Hall–Kier alpha value is -2.40. The number of urea groups is 1. The standard InChI is InChI=1S/C19H21F4N3O4/c20-14-2-1-12(19(21,22)23)5-11(14)9-29-13-6-26(7-13)18(28)25-4-3-16-15(8-25)24-17(27)10-30-16/h1-2,5,13,15-16H,3-4,6-10H2,(H,24,27)/t15-,16+/m1/s1. The number of nitrogens with zero attached hydrogens (tertiary/aromatic N) is 2. The number of ether oxygens (including phenoxy) is 2. The van der Waals surface area contributed by atoms with Crippen molar-refractivity contribution in [2.75, 3.05) is 32.8 Å². The number of alkyl halides is 3. The van der Waals surface area contributed by atoms with Gasteiger partial charge in [-0.15, -0.1) is 0 Å². The molecule has 3 amide bonds. The average molecular weight is 431 g/mol. The molecule has 4 rings (SSSR count). The zero-order valence-electron chi connectivity index (χ0n) is 16.0. The van der Waals surface area contributed by atoms with Crippen molar-refractivity contribution in [1.29, 1.82) is 0 Å². The molecule has 0 aromatic heterocycles. The molecule has 2 atom stereocenters. The normalized spacial score (nSPS) is 24.9. The van der Waals surface area contributed by atoms with Gasteiger partial charge in [-0.1, -0.05) is 0 Å². The molecule has 3 fully saturated rings. The quantitative estimate of drug-likeness (QED) is 0.741. The van der Waals surface area contributed by atoms with Crippen LogP contribution in [0, 0.1) is 5.82 Å². The van der Waals surface area contributed by atoms with Crippen molar-refractivity contribution in [1.82, 2.24) is 15.1 Å². The predicted molar refractivity (Wildman–Crippen MR) is 94.8 cm³/mol. The van der Waals surface area contributed by atoms with Crippen LogP contribution in [0.4, 0.5) is 22.4 Å². The number of piperidine rings is 1. The molecule has 3 saturated heterocycles. The number of carbonyl (C=O) groups excluding carboxylic acids is 2. The first-order valence-electron chi connectivity index (χ1n) is 9.63. The van der Waals surface area contributed by atoms with E-state index in [1.165, 1.54) is 0 Å². The Morgan fingerprint density at radius 3 is 2.73 bits per heavy atom. The highest BCUT2D eigenvalue weighted by Gasteiger charge is 2.40. The Kier molecular flexibility index (Phi) is 5.58. The number of halogens is 4. The number of carbonyl (C=O) groups is 2. The number of morpholine rings is 1. The fraction of sp³-hybridized carbons (Fsp3) is 0.579. The first-order valence-corrected chi connectivity index (χ1v) is 9.63. The highest BCUT2D eigenvalue weighted by atomic mass is 19.4. The summed E-state index contributed by atoms with van der Waals surface area (Å²) in [4.78, 5) is 27.3. The minimum atomic E-state index is -4.56. The molecule has 7 nitrogen and oxygen atoms in total. The zero-order chi connectivity index (χ0) is 21.5. The summed E-state index contributed by atoms with van der Waals surface area (Å²) in [5, 5.41) is 2.83. The van der Waals surface area contributed by atoms with Gasteiger partial charge in [-0.25, -0.2) is 9.18 Å². The number of benzene rings is 1. The summed E-state index contributed by atoms with van der Waals surface area (Å²) < 4.78 is 63.1. The molecule has 0 unspecified atom stereocenters. The Bertz CT molecular complexity index is 828. The minimum Gasteiger partial charge on any atom is -0.370 e.